The van der Waals surface area contributed by atoms with E-state index in [1.165, 1.54) is 0 Å². The summed E-state index contributed by atoms with van der Waals surface area (Å²) in [5, 5.41) is 0.527. The third-order valence-electron chi connectivity index (χ3n) is 7.06. The van der Waals surface area contributed by atoms with Gasteiger partial charge in [0.05, 0.1) is 24.3 Å². The number of benzene rings is 1. The van der Waals surface area contributed by atoms with Crippen molar-refractivity contribution < 1.29 is 23.8 Å². The summed E-state index contributed by atoms with van der Waals surface area (Å²) in [5.74, 6) is 0.0482. The second kappa shape index (κ2) is 10.5. The van der Waals surface area contributed by atoms with E-state index in [0.29, 0.717) is 24.0 Å². The second-order valence-corrected chi connectivity index (χ2v) is 9.94. The molecular formula is C26H36ClNO5. The van der Waals surface area contributed by atoms with Gasteiger partial charge in [-0.15, -0.1) is 0 Å². The van der Waals surface area contributed by atoms with Crippen LogP contribution in [-0.4, -0.2) is 49.6 Å². The van der Waals surface area contributed by atoms with Gasteiger partial charge in [-0.3, -0.25) is 4.79 Å². The molecule has 0 aliphatic carbocycles. The van der Waals surface area contributed by atoms with Crippen molar-refractivity contribution in [2.24, 2.45) is 5.41 Å². The molecule has 0 N–H and O–H groups in total. The van der Waals surface area contributed by atoms with Crippen LogP contribution >= 0.6 is 11.6 Å². The SMILES string of the molecule is CCOC(=O)C1=CN2C(CC1=O)c1cc(Cl)c(OCCCOC)cc1[C@@H](C)[C@H]2C(C)(C)CC. The first-order valence-electron chi connectivity index (χ1n) is 11.8. The summed E-state index contributed by atoms with van der Waals surface area (Å²) in [6.45, 7) is 12.0. The van der Waals surface area contributed by atoms with E-state index in [4.69, 9.17) is 25.8 Å². The van der Waals surface area contributed by atoms with Crippen LogP contribution in [0.5, 0.6) is 5.75 Å². The predicted molar refractivity (Wildman–Crippen MR) is 129 cm³/mol. The molecule has 6 nitrogen and oxygen atoms in total. The van der Waals surface area contributed by atoms with E-state index in [1.807, 2.05) is 12.1 Å². The van der Waals surface area contributed by atoms with Gasteiger partial charge in [-0.2, -0.15) is 0 Å². The Morgan fingerprint density at radius 3 is 2.58 bits per heavy atom. The molecule has 0 fully saturated rings. The van der Waals surface area contributed by atoms with E-state index >= 15 is 0 Å². The minimum Gasteiger partial charge on any atom is -0.492 e. The zero-order valence-corrected chi connectivity index (χ0v) is 21.3. The lowest BCUT2D eigenvalue weighted by atomic mass is 9.67. The lowest BCUT2D eigenvalue weighted by Crippen LogP contribution is -2.52. The first-order chi connectivity index (χ1) is 15.7. The topological polar surface area (TPSA) is 65.1 Å². The summed E-state index contributed by atoms with van der Waals surface area (Å²) < 4.78 is 16.2. The third kappa shape index (κ3) is 5.07. The summed E-state index contributed by atoms with van der Waals surface area (Å²) in [4.78, 5) is 27.7. The number of ketones is 1. The average molecular weight is 478 g/mol. The van der Waals surface area contributed by atoms with Crippen LogP contribution in [-0.2, 0) is 19.1 Å². The molecule has 2 aliphatic heterocycles. The fourth-order valence-electron chi connectivity index (χ4n) is 5.10. The Labute approximate surface area is 202 Å². The van der Waals surface area contributed by atoms with Gasteiger partial charge in [-0.25, -0.2) is 4.79 Å². The molecule has 0 amide bonds. The summed E-state index contributed by atoms with van der Waals surface area (Å²) in [6, 6.07) is 3.88. The van der Waals surface area contributed by atoms with Crippen molar-refractivity contribution >= 4 is 23.4 Å². The number of esters is 1. The minimum atomic E-state index is -0.551. The quantitative estimate of drug-likeness (QED) is 0.268. The highest BCUT2D eigenvalue weighted by molar-refractivity contribution is 6.32. The Morgan fingerprint density at radius 1 is 1.21 bits per heavy atom. The normalized spacial score (nSPS) is 22.4. The summed E-state index contributed by atoms with van der Waals surface area (Å²) in [5.41, 5.74) is 2.23. The molecule has 0 bridgehead atoms. The Balaban J connectivity index is 2.07. The van der Waals surface area contributed by atoms with E-state index in [9.17, 15) is 9.59 Å². The predicted octanol–water partition coefficient (Wildman–Crippen LogP) is 5.44. The van der Waals surface area contributed by atoms with Gasteiger partial charge in [0.1, 0.15) is 11.3 Å². The zero-order valence-electron chi connectivity index (χ0n) is 20.6. The van der Waals surface area contributed by atoms with Crippen LogP contribution in [0.4, 0.5) is 0 Å². The highest BCUT2D eigenvalue weighted by atomic mass is 35.5. The summed E-state index contributed by atoms with van der Waals surface area (Å²) in [6.07, 6.45) is 3.67. The molecule has 0 radical (unpaired) electrons. The number of methoxy groups -OCH3 is 1. The van der Waals surface area contributed by atoms with Gasteiger partial charge in [0.25, 0.3) is 0 Å². The molecule has 0 aromatic heterocycles. The molecule has 3 atom stereocenters. The van der Waals surface area contributed by atoms with E-state index in [2.05, 4.69) is 32.6 Å². The van der Waals surface area contributed by atoms with Gasteiger partial charge >= 0.3 is 5.97 Å². The van der Waals surface area contributed by atoms with Crippen LogP contribution in [0.3, 0.4) is 0 Å². The largest absolute Gasteiger partial charge is 0.492 e. The maximum atomic E-state index is 13.0. The van der Waals surface area contributed by atoms with Crippen LogP contribution in [0.2, 0.25) is 5.02 Å². The monoisotopic (exact) mass is 477 g/mol. The molecule has 0 spiro atoms. The Bertz CT molecular complexity index is 926. The number of hydrogen-bond donors (Lipinski definition) is 0. The molecule has 3 rings (SSSR count). The molecule has 182 valence electrons. The maximum Gasteiger partial charge on any atom is 0.343 e. The van der Waals surface area contributed by atoms with Crippen molar-refractivity contribution in [3.8, 4) is 5.75 Å². The van der Waals surface area contributed by atoms with Gasteiger partial charge < -0.3 is 19.1 Å². The van der Waals surface area contributed by atoms with Crippen molar-refractivity contribution in [3.63, 3.8) is 0 Å². The van der Waals surface area contributed by atoms with E-state index in [0.717, 1.165) is 24.0 Å². The number of ether oxygens (including phenoxy) is 3. The number of halogens is 1. The van der Waals surface area contributed by atoms with Crippen LogP contribution in [0.25, 0.3) is 0 Å². The molecule has 1 aromatic rings. The summed E-state index contributed by atoms with van der Waals surface area (Å²) in [7, 11) is 1.67. The number of Topliss-reactive ketones (excluding diaryl/α,β-unsaturated/α-hetero) is 1. The second-order valence-electron chi connectivity index (χ2n) is 9.54. The first kappa shape index (κ1) is 25.6. The van der Waals surface area contributed by atoms with Crippen molar-refractivity contribution in [2.45, 2.75) is 71.9 Å². The number of rotatable bonds is 9. The van der Waals surface area contributed by atoms with Crippen molar-refractivity contribution in [2.75, 3.05) is 26.9 Å². The molecule has 0 saturated heterocycles. The first-order valence-corrected chi connectivity index (χ1v) is 12.2. The van der Waals surface area contributed by atoms with Crippen LogP contribution in [0, 0.1) is 5.41 Å². The average Bonchev–Trinajstić information content (AvgIpc) is 2.77. The van der Waals surface area contributed by atoms with Gasteiger partial charge in [-0.1, -0.05) is 39.3 Å². The highest BCUT2D eigenvalue weighted by Gasteiger charge is 2.48. The maximum absolute atomic E-state index is 13.0. The number of carbonyl (C=O) groups is 2. The van der Waals surface area contributed by atoms with Crippen LogP contribution in [0.1, 0.15) is 77.0 Å². The highest BCUT2D eigenvalue weighted by Crippen LogP contribution is 2.52. The fourth-order valence-corrected chi connectivity index (χ4v) is 5.33. The van der Waals surface area contributed by atoms with Gasteiger partial charge in [0, 0.05) is 44.7 Å². The summed E-state index contributed by atoms with van der Waals surface area (Å²) >= 11 is 6.61. The van der Waals surface area contributed by atoms with Gasteiger partial charge in [0.2, 0.25) is 0 Å². The zero-order chi connectivity index (χ0) is 24.3. The number of carbonyl (C=O) groups excluding carboxylic acids is 2. The van der Waals surface area contributed by atoms with Crippen molar-refractivity contribution in [3.05, 3.63) is 40.1 Å². The molecule has 2 aliphatic rings. The molecule has 33 heavy (non-hydrogen) atoms. The fraction of sp³-hybridized carbons (Fsp3) is 0.615. The lowest BCUT2D eigenvalue weighted by molar-refractivity contribution is -0.141. The number of hydrogen-bond acceptors (Lipinski definition) is 6. The molecule has 2 heterocycles. The Morgan fingerprint density at radius 2 is 1.94 bits per heavy atom. The van der Waals surface area contributed by atoms with Crippen molar-refractivity contribution in [1.82, 2.24) is 4.90 Å². The smallest absolute Gasteiger partial charge is 0.343 e. The molecular weight excluding hydrogens is 442 g/mol. The van der Waals surface area contributed by atoms with Gasteiger partial charge in [0.15, 0.2) is 5.78 Å². The van der Waals surface area contributed by atoms with E-state index in [-0.39, 0.29) is 47.8 Å². The van der Waals surface area contributed by atoms with E-state index < -0.39 is 5.97 Å². The van der Waals surface area contributed by atoms with Gasteiger partial charge in [-0.05, 0) is 42.0 Å². The minimum absolute atomic E-state index is 0.0643. The molecule has 1 unspecified atom stereocenters. The Hall–Kier alpha value is -2.05. The Kier molecular flexibility index (Phi) is 8.12. The van der Waals surface area contributed by atoms with Crippen LogP contribution < -0.4 is 4.74 Å². The molecule has 0 saturated carbocycles. The molecule has 7 heteroatoms. The number of fused-ring (bicyclic) bond motifs is 3. The third-order valence-corrected chi connectivity index (χ3v) is 7.35. The standard InChI is InChI=1S/C26H36ClNO5/c1-7-26(4,5)24-16(3)17-13-23(33-11-9-10-31-6)20(27)12-18(17)21-14-22(29)19(15-28(21)24)25(30)32-8-2/h12-13,15-16,21,24H,7-11,14H2,1-6H3/t16-,21?,24+/m1/s1. The van der Waals surface area contributed by atoms with E-state index in [1.54, 1.807) is 20.2 Å². The van der Waals surface area contributed by atoms with Crippen molar-refractivity contribution in [1.29, 1.82) is 0 Å². The molecule has 1 aromatic carbocycles. The number of nitrogens with zero attached hydrogens (tertiary/aromatic N) is 1. The van der Waals surface area contributed by atoms with Crippen LogP contribution in [0.15, 0.2) is 23.9 Å². The lowest BCUT2D eigenvalue weighted by Gasteiger charge is -2.53.